The van der Waals surface area contributed by atoms with Gasteiger partial charge in [0.15, 0.2) is 0 Å². The fraction of sp³-hybridized carbons (Fsp3) is 0.636. The maximum absolute atomic E-state index is 9.17. The summed E-state index contributed by atoms with van der Waals surface area (Å²) < 4.78 is 1.76. The molecule has 0 aromatic carbocycles. The van der Waals surface area contributed by atoms with Crippen LogP contribution in [0.25, 0.3) is 0 Å². The SMILES string of the molecule is CN1CCN(c2nc(CO)c(C#N)n2C)CC1. The molecule has 0 atom stereocenters. The molecule has 0 spiro atoms. The molecule has 1 aliphatic rings. The molecule has 0 aliphatic carbocycles. The molecule has 0 unspecified atom stereocenters. The predicted octanol–water partition coefficient (Wildman–Crippen LogP) is -0.464. The Labute approximate surface area is 101 Å². The zero-order chi connectivity index (χ0) is 12.4. The van der Waals surface area contributed by atoms with E-state index in [2.05, 4.69) is 27.9 Å². The van der Waals surface area contributed by atoms with Crippen molar-refractivity contribution in [1.82, 2.24) is 14.5 Å². The number of aromatic nitrogens is 2. The van der Waals surface area contributed by atoms with Crippen molar-refractivity contribution in [2.24, 2.45) is 7.05 Å². The van der Waals surface area contributed by atoms with Crippen molar-refractivity contribution in [2.75, 3.05) is 38.1 Å². The molecular weight excluding hydrogens is 218 g/mol. The summed E-state index contributed by atoms with van der Waals surface area (Å²) in [4.78, 5) is 8.76. The number of nitriles is 1. The minimum absolute atomic E-state index is 0.190. The van der Waals surface area contributed by atoms with Crippen molar-refractivity contribution in [3.05, 3.63) is 11.4 Å². The van der Waals surface area contributed by atoms with Crippen molar-refractivity contribution in [3.63, 3.8) is 0 Å². The van der Waals surface area contributed by atoms with Crippen LogP contribution in [-0.2, 0) is 13.7 Å². The van der Waals surface area contributed by atoms with Gasteiger partial charge in [0.1, 0.15) is 17.5 Å². The first kappa shape index (κ1) is 11.9. The van der Waals surface area contributed by atoms with E-state index in [-0.39, 0.29) is 6.61 Å². The summed E-state index contributed by atoms with van der Waals surface area (Å²) in [6.45, 7) is 3.59. The number of hydrogen-bond acceptors (Lipinski definition) is 5. The number of likely N-dealkylation sites (N-methyl/N-ethyl adjacent to an activating group) is 1. The number of aliphatic hydroxyl groups excluding tert-OH is 1. The van der Waals surface area contributed by atoms with Gasteiger partial charge in [-0.1, -0.05) is 0 Å². The van der Waals surface area contributed by atoms with Gasteiger partial charge >= 0.3 is 0 Å². The van der Waals surface area contributed by atoms with Crippen LogP contribution in [-0.4, -0.2) is 52.8 Å². The van der Waals surface area contributed by atoms with E-state index < -0.39 is 0 Å². The van der Waals surface area contributed by atoms with Crippen LogP contribution >= 0.6 is 0 Å². The van der Waals surface area contributed by atoms with Crippen LogP contribution in [0.3, 0.4) is 0 Å². The standard InChI is InChI=1S/C11H17N5O/c1-14-3-5-16(6-4-14)11-13-9(8-17)10(7-12)15(11)2/h17H,3-6,8H2,1-2H3. The average molecular weight is 235 g/mol. The van der Waals surface area contributed by atoms with Crippen LogP contribution in [0.4, 0.5) is 5.95 Å². The monoisotopic (exact) mass is 235 g/mol. The molecule has 2 rings (SSSR count). The first-order chi connectivity index (χ1) is 8.17. The van der Waals surface area contributed by atoms with Gasteiger partial charge in [0.25, 0.3) is 0 Å². The molecule has 6 nitrogen and oxygen atoms in total. The molecule has 1 saturated heterocycles. The molecule has 0 saturated carbocycles. The van der Waals surface area contributed by atoms with E-state index in [1.54, 1.807) is 4.57 Å². The Morgan fingerprint density at radius 2 is 1.94 bits per heavy atom. The summed E-state index contributed by atoms with van der Waals surface area (Å²) >= 11 is 0. The fourth-order valence-electron chi connectivity index (χ4n) is 2.08. The molecule has 0 bridgehead atoms. The summed E-state index contributed by atoms with van der Waals surface area (Å²) in [5, 5.41) is 18.2. The minimum Gasteiger partial charge on any atom is -0.390 e. The number of nitrogens with zero attached hydrogens (tertiary/aromatic N) is 5. The molecular formula is C11H17N5O. The highest BCUT2D eigenvalue weighted by Crippen LogP contribution is 2.19. The van der Waals surface area contributed by atoms with Gasteiger partial charge in [-0.25, -0.2) is 4.98 Å². The lowest BCUT2D eigenvalue weighted by Gasteiger charge is -2.32. The van der Waals surface area contributed by atoms with E-state index in [1.807, 2.05) is 7.05 Å². The van der Waals surface area contributed by atoms with E-state index in [9.17, 15) is 5.11 Å². The second-order valence-corrected chi connectivity index (χ2v) is 4.33. The van der Waals surface area contributed by atoms with Gasteiger partial charge in [-0.15, -0.1) is 0 Å². The summed E-state index contributed by atoms with van der Waals surface area (Å²) in [6, 6.07) is 2.09. The van der Waals surface area contributed by atoms with Crippen LogP contribution < -0.4 is 4.90 Å². The van der Waals surface area contributed by atoms with Crippen molar-refractivity contribution in [1.29, 1.82) is 5.26 Å². The summed E-state index contributed by atoms with van der Waals surface area (Å²) in [5.41, 5.74) is 0.908. The normalized spacial score (nSPS) is 17.2. The highest BCUT2D eigenvalue weighted by molar-refractivity contribution is 5.42. The quantitative estimate of drug-likeness (QED) is 0.751. The van der Waals surface area contributed by atoms with Gasteiger partial charge in [-0.2, -0.15) is 5.26 Å². The van der Waals surface area contributed by atoms with Crippen LogP contribution in [0.5, 0.6) is 0 Å². The molecule has 92 valence electrons. The van der Waals surface area contributed by atoms with Gasteiger partial charge < -0.3 is 19.5 Å². The third-order valence-corrected chi connectivity index (χ3v) is 3.19. The molecule has 1 aromatic rings. The largest absolute Gasteiger partial charge is 0.390 e. The summed E-state index contributed by atoms with van der Waals surface area (Å²) in [5.74, 6) is 0.777. The molecule has 1 fully saturated rings. The van der Waals surface area contributed by atoms with E-state index in [0.29, 0.717) is 11.4 Å². The maximum Gasteiger partial charge on any atom is 0.206 e. The van der Waals surface area contributed by atoms with Gasteiger partial charge in [0.2, 0.25) is 5.95 Å². The lowest BCUT2D eigenvalue weighted by molar-refractivity contribution is 0.276. The van der Waals surface area contributed by atoms with Crippen LogP contribution in [0.15, 0.2) is 0 Å². The lowest BCUT2D eigenvalue weighted by Crippen LogP contribution is -2.45. The predicted molar refractivity (Wildman–Crippen MR) is 63.6 cm³/mol. The molecule has 1 N–H and O–H groups in total. The zero-order valence-electron chi connectivity index (χ0n) is 10.2. The zero-order valence-corrected chi connectivity index (χ0v) is 10.2. The minimum atomic E-state index is -0.190. The number of aliphatic hydroxyl groups is 1. The number of piperazine rings is 1. The van der Waals surface area contributed by atoms with Gasteiger partial charge in [0, 0.05) is 33.2 Å². The van der Waals surface area contributed by atoms with E-state index >= 15 is 0 Å². The Hall–Kier alpha value is -1.58. The topological polar surface area (TPSA) is 68.3 Å². The van der Waals surface area contributed by atoms with Crippen molar-refractivity contribution in [2.45, 2.75) is 6.61 Å². The summed E-state index contributed by atoms with van der Waals surface area (Å²) in [7, 11) is 3.91. The second kappa shape index (κ2) is 4.73. The highest BCUT2D eigenvalue weighted by Gasteiger charge is 2.21. The lowest BCUT2D eigenvalue weighted by atomic mass is 10.3. The number of anilines is 1. The summed E-state index contributed by atoms with van der Waals surface area (Å²) in [6.07, 6.45) is 0. The van der Waals surface area contributed by atoms with E-state index in [4.69, 9.17) is 5.26 Å². The first-order valence-corrected chi connectivity index (χ1v) is 5.67. The van der Waals surface area contributed by atoms with Gasteiger partial charge in [-0.05, 0) is 7.05 Å². The van der Waals surface area contributed by atoms with Crippen molar-refractivity contribution >= 4 is 5.95 Å². The molecule has 2 heterocycles. The van der Waals surface area contributed by atoms with Crippen LogP contribution in [0.2, 0.25) is 0 Å². The fourth-order valence-corrected chi connectivity index (χ4v) is 2.08. The number of rotatable bonds is 2. The smallest absolute Gasteiger partial charge is 0.206 e. The van der Waals surface area contributed by atoms with E-state index in [1.165, 1.54) is 0 Å². The Balaban J connectivity index is 2.27. The van der Waals surface area contributed by atoms with Crippen LogP contribution in [0.1, 0.15) is 11.4 Å². The molecule has 17 heavy (non-hydrogen) atoms. The van der Waals surface area contributed by atoms with Crippen molar-refractivity contribution in [3.8, 4) is 6.07 Å². The molecule has 1 aliphatic heterocycles. The molecule has 0 amide bonds. The third-order valence-electron chi connectivity index (χ3n) is 3.19. The third kappa shape index (κ3) is 2.12. The van der Waals surface area contributed by atoms with Crippen LogP contribution in [0, 0.1) is 11.3 Å². The Morgan fingerprint density at radius 3 is 2.41 bits per heavy atom. The maximum atomic E-state index is 9.17. The van der Waals surface area contributed by atoms with Gasteiger partial charge in [0.05, 0.1) is 6.61 Å². The van der Waals surface area contributed by atoms with Crippen molar-refractivity contribution < 1.29 is 5.11 Å². The highest BCUT2D eigenvalue weighted by atomic mass is 16.3. The van der Waals surface area contributed by atoms with Gasteiger partial charge in [-0.3, -0.25) is 0 Å². The van der Waals surface area contributed by atoms with E-state index in [0.717, 1.165) is 32.1 Å². The number of hydrogen-bond donors (Lipinski definition) is 1. The first-order valence-electron chi connectivity index (χ1n) is 5.67. The number of imidazole rings is 1. The average Bonchev–Trinajstić information content (AvgIpc) is 2.66. The Bertz CT molecular complexity index is 439. The Kier molecular flexibility index (Phi) is 3.31. The second-order valence-electron chi connectivity index (χ2n) is 4.33. The molecule has 6 heteroatoms. The molecule has 1 aromatic heterocycles. The Morgan fingerprint density at radius 1 is 1.29 bits per heavy atom. The molecule has 0 radical (unpaired) electrons.